The summed E-state index contributed by atoms with van der Waals surface area (Å²) in [4.78, 5) is 11.8. The minimum Gasteiger partial charge on any atom is -0.355 e. The van der Waals surface area contributed by atoms with Crippen LogP contribution in [0, 0.1) is 0 Å². The Balaban J connectivity index is 0.00000441. The maximum Gasteiger partial charge on any atom is 0.237 e. The van der Waals surface area contributed by atoms with Gasteiger partial charge >= 0.3 is 0 Å². The lowest BCUT2D eigenvalue weighted by Gasteiger charge is -2.12. The Morgan fingerprint density at radius 1 is 1.23 bits per heavy atom. The second-order valence-corrected chi connectivity index (χ2v) is 6.83. The molecular weight excluding hydrogens is 326 g/mol. The molecule has 0 saturated heterocycles. The van der Waals surface area contributed by atoms with Crippen molar-refractivity contribution in [2.75, 3.05) is 18.8 Å². The first-order valence-electron chi connectivity index (χ1n) is 6.99. The van der Waals surface area contributed by atoms with Crippen LogP contribution in [0.1, 0.15) is 18.9 Å². The molecule has 0 radical (unpaired) electrons. The zero-order valence-corrected chi connectivity index (χ0v) is 14.3. The van der Waals surface area contributed by atoms with Crippen molar-refractivity contribution in [3.05, 3.63) is 35.9 Å². The number of hydrogen-bond acceptors (Lipinski definition) is 4. The molecule has 6 nitrogen and oxygen atoms in total. The van der Waals surface area contributed by atoms with Crippen LogP contribution < -0.4 is 15.8 Å². The molecule has 126 valence electrons. The Labute approximate surface area is 138 Å². The number of carbonyl (C=O) groups excluding carboxylic acids is 1. The molecule has 0 fully saturated rings. The molecule has 0 spiro atoms. The first-order chi connectivity index (χ1) is 9.94. The second-order valence-electron chi connectivity index (χ2n) is 4.74. The molecule has 0 aromatic heterocycles. The third-order valence-electron chi connectivity index (χ3n) is 2.99. The maximum absolute atomic E-state index is 11.8. The lowest BCUT2D eigenvalue weighted by atomic mass is 10.1. The van der Waals surface area contributed by atoms with Crippen LogP contribution in [0.3, 0.4) is 0 Å². The molecule has 1 amide bonds. The molecule has 0 saturated carbocycles. The van der Waals surface area contributed by atoms with Crippen molar-refractivity contribution >= 4 is 28.3 Å². The van der Waals surface area contributed by atoms with Gasteiger partial charge in [0.1, 0.15) is 0 Å². The molecule has 0 unspecified atom stereocenters. The summed E-state index contributed by atoms with van der Waals surface area (Å²) in [6.45, 7) is 2.28. The van der Waals surface area contributed by atoms with E-state index in [1.165, 1.54) is 0 Å². The summed E-state index contributed by atoms with van der Waals surface area (Å²) in [6, 6.07) is 8.96. The molecular formula is C14H24ClN3O3S. The van der Waals surface area contributed by atoms with Gasteiger partial charge < -0.3 is 11.1 Å². The van der Waals surface area contributed by atoms with Gasteiger partial charge in [-0.2, -0.15) is 0 Å². The van der Waals surface area contributed by atoms with E-state index >= 15 is 0 Å². The zero-order chi connectivity index (χ0) is 15.7. The van der Waals surface area contributed by atoms with Crippen LogP contribution in [0.15, 0.2) is 30.3 Å². The van der Waals surface area contributed by atoms with Crippen LogP contribution in [-0.2, 0) is 21.2 Å². The van der Waals surface area contributed by atoms with E-state index in [4.69, 9.17) is 5.73 Å². The van der Waals surface area contributed by atoms with E-state index in [0.717, 1.165) is 5.56 Å². The Hall–Kier alpha value is -1.15. The second kappa shape index (κ2) is 10.6. The number of halogens is 1. The Morgan fingerprint density at radius 2 is 1.86 bits per heavy atom. The minimum atomic E-state index is -3.16. The van der Waals surface area contributed by atoms with E-state index in [9.17, 15) is 13.2 Å². The van der Waals surface area contributed by atoms with Crippen molar-refractivity contribution in [1.29, 1.82) is 0 Å². The molecule has 1 aromatic rings. The summed E-state index contributed by atoms with van der Waals surface area (Å²) >= 11 is 0. The first kappa shape index (κ1) is 20.9. The fraction of sp³-hybridized carbons (Fsp3) is 0.500. The highest BCUT2D eigenvalue weighted by molar-refractivity contribution is 7.89. The van der Waals surface area contributed by atoms with Crippen molar-refractivity contribution in [1.82, 2.24) is 10.0 Å². The van der Waals surface area contributed by atoms with Crippen molar-refractivity contribution in [2.24, 2.45) is 5.73 Å². The molecule has 1 rings (SSSR count). The van der Waals surface area contributed by atoms with E-state index in [0.29, 0.717) is 25.9 Å². The number of hydrogen-bond donors (Lipinski definition) is 3. The number of carbonyl (C=O) groups is 1. The highest BCUT2D eigenvalue weighted by atomic mass is 35.5. The van der Waals surface area contributed by atoms with Crippen molar-refractivity contribution in [2.45, 2.75) is 25.8 Å². The number of sulfonamides is 1. The first-order valence-corrected chi connectivity index (χ1v) is 8.64. The fourth-order valence-electron chi connectivity index (χ4n) is 1.72. The number of rotatable bonds is 9. The van der Waals surface area contributed by atoms with Crippen molar-refractivity contribution in [3.8, 4) is 0 Å². The zero-order valence-electron chi connectivity index (χ0n) is 12.6. The van der Waals surface area contributed by atoms with Gasteiger partial charge in [-0.15, -0.1) is 12.4 Å². The van der Waals surface area contributed by atoms with Gasteiger partial charge in [0.2, 0.25) is 15.9 Å². The lowest BCUT2D eigenvalue weighted by Crippen LogP contribution is -2.42. The SMILES string of the molecule is CCS(=O)(=O)NCCCNC(=O)[C@@H](N)Cc1ccccc1.Cl. The molecule has 0 bridgehead atoms. The van der Waals surface area contributed by atoms with Crippen molar-refractivity contribution < 1.29 is 13.2 Å². The van der Waals surface area contributed by atoms with E-state index in [2.05, 4.69) is 10.0 Å². The lowest BCUT2D eigenvalue weighted by molar-refractivity contribution is -0.122. The summed E-state index contributed by atoms with van der Waals surface area (Å²) < 4.78 is 24.8. The summed E-state index contributed by atoms with van der Waals surface area (Å²) in [5, 5.41) is 2.71. The van der Waals surface area contributed by atoms with Gasteiger partial charge in [-0.05, 0) is 25.3 Å². The van der Waals surface area contributed by atoms with Gasteiger partial charge in [0.15, 0.2) is 0 Å². The molecule has 0 aliphatic heterocycles. The van der Waals surface area contributed by atoms with E-state index in [1.807, 2.05) is 30.3 Å². The van der Waals surface area contributed by atoms with Gasteiger partial charge in [0.05, 0.1) is 11.8 Å². The normalized spacial score (nSPS) is 12.3. The highest BCUT2D eigenvalue weighted by Gasteiger charge is 2.13. The number of benzene rings is 1. The third-order valence-corrected chi connectivity index (χ3v) is 4.39. The largest absolute Gasteiger partial charge is 0.355 e. The van der Waals surface area contributed by atoms with Crippen LogP contribution in [0.5, 0.6) is 0 Å². The third kappa shape index (κ3) is 8.33. The average Bonchev–Trinajstić information content (AvgIpc) is 2.47. The predicted octanol–water partition coefficient (Wildman–Crippen LogP) is 0.424. The molecule has 22 heavy (non-hydrogen) atoms. The summed E-state index contributed by atoms with van der Waals surface area (Å²) in [7, 11) is -3.16. The van der Waals surface area contributed by atoms with Gasteiger partial charge in [-0.1, -0.05) is 30.3 Å². The van der Waals surface area contributed by atoms with E-state index < -0.39 is 16.1 Å². The minimum absolute atomic E-state index is 0. The van der Waals surface area contributed by atoms with Gasteiger partial charge in [0.25, 0.3) is 0 Å². The maximum atomic E-state index is 11.8. The van der Waals surface area contributed by atoms with Gasteiger partial charge in [-0.3, -0.25) is 4.79 Å². The highest BCUT2D eigenvalue weighted by Crippen LogP contribution is 2.01. The van der Waals surface area contributed by atoms with Crippen LogP contribution in [0.25, 0.3) is 0 Å². The summed E-state index contributed by atoms with van der Waals surface area (Å²) in [6.07, 6.45) is 1.01. The smallest absolute Gasteiger partial charge is 0.237 e. The van der Waals surface area contributed by atoms with Crippen LogP contribution in [-0.4, -0.2) is 39.2 Å². The molecule has 4 N–H and O–H groups in total. The molecule has 0 aliphatic carbocycles. The Kier molecular flexibility index (Phi) is 10.0. The van der Waals surface area contributed by atoms with E-state index in [-0.39, 0.29) is 24.1 Å². The quantitative estimate of drug-likeness (QED) is 0.562. The molecule has 0 heterocycles. The van der Waals surface area contributed by atoms with Crippen LogP contribution in [0.4, 0.5) is 0 Å². The topological polar surface area (TPSA) is 101 Å². The molecule has 0 aliphatic rings. The standard InChI is InChI=1S/C14H23N3O3S.ClH/c1-2-21(19,20)17-10-6-9-16-14(18)13(15)11-12-7-4-3-5-8-12;/h3-5,7-8,13,17H,2,6,9-11,15H2,1H3,(H,16,18);1H/t13-;/m0./s1. The Bertz CT molecular complexity index is 538. The predicted molar refractivity (Wildman–Crippen MR) is 90.5 cm³/mol. The van der Waals surface area contributed by atoms with Gasteiger partial charge in [0, 0.05) is 13.1 Å². The van der Waals surface area contributed by atoms with E-state index in [1.54, 1.807) is 6.92 Å². The molecule has 1 aromatic carbocycles. The molecule has 8 heteroatoms. The fourth-order valence-corrected chi connectivity index (χ4v) is 2.38. The van der Waals surface area contributed by atoms with Crippen LogP contribution in [0.2, 0.25) is 0 Å². The number of nitrogens with two attached hydrogens (primary N) is 1. The van der Waals surface area contributed by atoms with Crippen LogP contribution >= 0.6 is 12.4 Å². The number of amides is 1. The monoisotopic (exact) mass is 349 g/mol. The number of nitrogens with one attached hydrogen (secondary N) is 2. The molecule has 1 atom stereocenters. The van der Waals surface area contributed by atoms with Crippen molar-refractivity contribution in [3.63, 3.8) is 0 Å². The Morgan fingerprint density at radius 3 is 2.45 bits per heavy atom. The average molecular weight is 350 g/mol. The van der Waals surface area contributed by atoms with Gasteiger partial charge in [-0.25, -0.2) is 13.1 Å². The summed E-state index contributed by atoms with van der Waals surface area (Å²) in [5.41, 5.74) is 6.84. The summed E-state index contributed by atoms with van der Waals surface area (Å²) in [5.74, 6) is -0.168.